The van der Waals surface area contributed by atoms with Gasteiger partial charge in [0.25, 0.3) is 0 Å². The van der Waals surface area contributed by atoms with Gasteiger partial charge in [0.05, 0.1) is 12.1 Å². The van der Waals surface area contributed by atoms with Gasteiger partial charge in [0.1, 0.15) is 0 Å². The Labute approximate surface area is 126 Å². The molecule has 3 rings (SSSR count). The van der Waals surface area contributed by atoms with Crippen molar-refractivity contribution in [3.63, 3.8) is 0 Å². The Hall–Kier alpha value is -2.29. The summed E-state index contributed by atoms with van der Waals surface area (Å²) < 4.78 is 0. The van der Waals surface area contributed by atoms with E-state index < -0.39 is 0 Å². The highest BCUT2D eigenvalue weighted by Crippen LogP contribution is 2.40. The SMILES string of the molecule is CCCC1(c2ccccc2)CN=C(N)N1c1ccccc1. The van der Waals surface area contributed by atoms with Gasteiger partial charge < -0.3 is 10.6 Å². The maximum absolute atomic E-state index is 6.23. The van der Waals surface area contributed by atoms with Crippen LogP contribution in [-0.4, -0.2) is 12.5 Å². The number of nitrogens with two attached hydrogens (primary N) is 1. The molecule has 2 aromatic carbocycles. The van der Waals surface area contributed by atoms with Crippen LogP contribution < -0.4 is 10.6 Å². The first-order valence-corrected chi connectivity index (χ1v) is 7.48. The van der Waals surface area contributed by atoms with Crippen LogP contribution >= 0.6 is 0 Å². The number of anilines is 1. The van der Waals surface area contributed by atoms with E-state index in [0.29, 0.717) is 12.5 Å². The fraction of sp³-hybridized carbons (Fsp3) is 0.278. The van der Waals surface area contributed by atoms with E-state index in [0.717, 1.165) is 18.5 Å². The molecule has 0 aromatic heterocycles. The van der Waals surface area contributed by atoms with Gasteiger partial charge in [-0.2, -0.15) is 0 Å². The van der Waals surface area contributed by atoms with Gasteiger partial charge >= 0.3 is 0 Å². The first-order valence-electron chi connectivity index (χ1n) is 7.48. The third-order valence-electron chi connectivity index (χ3n) is 4.15. The van der Waals surface area contributed by atoms with Gasteiger partial charge in [-0.25, -0.2) is 0 Å². The molecule has 0 aliphatic carbocycles. The van der Waals surface area contributed by atoms with Gasteiger partial charge in [-0.3, -0.25) is 4.99 Å². The van der Waals surface area contributed by atoms with Crippen molar-refractivity contribution in [3.8, 4) is 0 Å². The average molecular weight is 279 g/mol. The Morgan fingerprint density at radius 3 is 2.29 bits per heavy atom. The minimum absolute atomic E-state index is 0.165. The standard InChI is InChI=1S/C18H21N3/c1-2-13-18(15-9-5-3-6-10-15)14-20-17(19)21(18)16-11-7-4-8-12-16/h3-12H,2,13-14H2,1H3,(H2,19,20). The van der Waals surface area contributed by atoms with Crippen molar-refractivity contribution < 1.29 is 0 Å². The predicted octanol–water partition coefficient (Wildman–Crippen LogP) is 3.52. The third-order valence-corrected chi connectivity index (χ3v) is 4.15. The van der Waals surface area contributed by atoms with Crippen LogP contribution in [0.3, 0.4) is 0 Å². The van der Waals surface area contributed by atoms with Crippen LogP contribution in [0.4, 0.5) is 5.69 Å². The molecule has 21 heavy (non-hydrogen) atoms. The van der Waals surface area contributed by atoms with E-state index in [4.69, 9.17) is 5.73 Å². The quantitative estimate of drug-likeness (QED) is 0.930. The zero-order valence-corrected chi connectivity index (χ0v) is 12.4. The molecule has 0 bridgehead atoms. The second-order valence-corrected chi connectivity index (χ2v) is 5.49. The van der Waals surface area contributed by atoms with E-state index in [2.05, 4.69) is 59.3 Å². The minimum Gasteiger partial charge on any atom is -0.369 e. The fourth-order valence-electron chi connectivity index (χ4n) is 3.25. The first kappa shape index (κ1) is 13.7. The van der Waals surface area contributed by atoms with Gasteiger partial charge in [0.15, 0.2) is 5.96 Å². The second-order valence-electron chi connectivity index (χ2n) is 5.49. The Morgan fingerprint density at radius 2 is 1.67 bits per heavy atom. The van der Waals surface area contributed by atoms with Crippen molar-refractivity contribution >= 4 is 11.6 Å². The predicted molar refractivity (Wildman–Crippen MR) is 88.4 cm³/mol. The zero-order valence-electron chi connectivity index (χ0n) is 12.4. The van der Waals surface area contributed by atoms with E-state index in [1.54, 1.807) is 0 Å². The number of para-hydroxylation sites is 1. The van der Waals surface area contributed by atoms with Crippen LogP contribution in [0.2, 0.25) is 0 Å². The van der Waals surface area contributed by atoms with Gasteiger partial charge in [0, 0.05) is 5.69 Å². The van der Waals surface area contributed by atoms with Crippen LogP contribution in [0.15, 0.2) is 65.7 Å². The summed E-state index contributed by atoms with van der Waals surface area (Å²) in [7, 11) is 0. The van der Waals surface area contributed by atoms with Crippen LogP contribution in [0.25, 0.3) is 0 Å². The molecule has 1 atom stereocenters. The Balaban J connectivity index is 2.11. The summed E-state index contributed by atoms with van der Waals surface area (Å²) in [5, 5.41) is 0. The molecule has 0 amide bonds. The highest BCUT2D eigenvalue weighted by molar-refractivity contribution is 5.98. The second kappa shape index (κ2) is 5.60. The monoisotopic (exact) mass is 279 g/mol. The molecule has 0 saturated carbocycles. The molecular formula is C18H21N3. The topological polar surface area (TPSA) is 41.6 Å². The van der Waals surface area contributed by atoms with Crippen molar-refractivity contribution in [2.45, 2.75) is 25.3 Å². The summed E-state index contributed by atoms with van der Waals surface area (Å²) >= 11 is 0. The lowest BCUT2D eigenvalue weighted by Crippen LogP contribution is -2.49. The third kappa shape index (κ3) is 2.29. The molecule has 2 N–H and O–H groups in total. The average Bonchev–Trinajstić information content (AvgIpc) is 2.87. The van der Waals surface area contributed by atoms with E-state index in [1.807, 2.05) is 18.2 Å². The number of nitrogens with zero attached hydrogens (tertiary/aromatic N) is 2. The van der Waals surface area contributed by atoms with Gasteiger partial charge in [0.2, 0.25) is 0 Å². The summed E-state index contributed by atoms with van der Waals surface area (Å²) in [6, 6.07) is 20.9. The number of hydrogen-bond donors (Lipinski definition) is 1. The Morgan fingerprint density at radius 1 is 1.05 bits per heavy atom. The van der Waals surface area contributed by atoms with Crippen LogP contribution in [-0.2, 0) is 5.54 Å². The van der Waals surface area contributed by atoms with Gasteiger partial charge in [-0.1, -0.05) is 61.9 Å². The highest BCUT2D eigenvalue weighted by Gasteiger charge is 2.43. The van der Waals surface area contributed by atoms with Crippen LogP contribution in [0.5, 0.6) is 0 Å². The van der Waals surface area contributed by atoms with E-state index in [-0.39, 0.29) is 5.54 Å². The highest BCUT2D eigenvalue weighted by atomic mass is 15.4. The summed E-state index contributed by atoms with van der Waals surface area (Å²) in [4.78, 5) is 6.76. The summed E-state index contributed by atoms with van der Waals surface area (Å²) in [5.74, 6) is 0.610. The molecule has 0 saturated heterocycles. The van der Waals surface area contributed by atoms with Crippen molar-refractivity contribution in [3.05, 3.63) is 66.2 Å². The molecule has 0 fully saturated rings. The minimum atomic E-state index is -0.165. The molecule has 1 aliphatic rings. The van der Waals surface area contributed by atoms with Crippen molar-refractivity contribution in [2.24, 2.45) is 10.7 Å². The summed E-state index contributed by atoms with van der Waals surface area (Å²) in [6.45, 7) is 2.92. The largest absolute Gasteiger partial charge is 0.369 e. The zero-order chi connectivity index (χ0) is 14.7. The first-order chi connectivity index (χ1) is 10.3. The number of rotatable bonds is 4. The number of aliphatic imine (C=N–C) groups is 1. The Bertz CT molecular complexity index is 621. The number of hydrogen-bond acceptors (Lipinski definition) is 3. The molecule has 0 radical (unpaired) electrons. The van der Waals surface area contributed by atoms with Crippen molar-refractivity contribution in [1.82, 2.24) is 0 Å². The molecule has 0 spiro atoms. The smallest absolute Gasteiger partial charge is 0.196 e. The maximum atomic E-state index is 6.23. The molecule has 3 heteroatoms. The maximum Gasteiger partial charge on any atom is 0.196 e. The van der Waals surface area contributed by atoms with Gasteiger partial charge in [-0.05, 0) is 24.1 Å². The Kier molecular flexibility index (Phi) is 3.65. The van der Waals surface area contributed by atoms with Crippen LogP contribution in [0, 0.1) is 0 Å². The molecule has 2 aromatic rings. The van der Waals surface area contributed by atoms with E-state index in [9.17, 15) is 0 Å². The lowest BCUT2D eigenvalue weighted by molar-refractivity contribution is 0.434. The number of guanidine groups is 1. The molecule has 108 valence electrons. The summed E-state index contributed by atoms with van der Waals surface area (Å²) in [5.41, 5.74) is 8.45. The molecule has 1 unspecified atom stereocenters. The van der Waals surface area contributed by atoms with Crippen molar-refractivity contribution in [1.29, 1.82) is 0 Å². The van der Waals surface area contributed by atoms with E-state index >= 15 is 0 Å². The van der Waals surface area contributed by atoms with Gasteiger partial charge in [-0.15, -0.1) is 0 Å². The molecule has 1 heterocycles. The van der Waals surface area contributed by atoms with Crippen molar-refractivity contribution in [2.75, 3.05) is 11.4 Å². The number of benzene rings is 2. The molecule has 3 nitrogen and oxygen atoms in total. The lowest BCUT2D eigenvalue weighted by Gasteiger charge is -2.40. The van der Waals surface area contributed by atoms with E-state index in [1.165, 1.54) is 5.56 Å². The normalized spacial score (nSPS) is 21.4. The summed E-state index contributed by atoms with van der Waals surface area (Å²) in [6.07, 6.45) is 2.11. The van der Waals surface area contributed by atoms with Crippen LogP contribution in [0.1, 0.15) is 25.3 Å². The molecule has 1 aliphatic heterocycles. The lowest BCUT2D eigenvalue weighted by atomic mass is 9.84. The molecular weight excluding hydrogens is 258 g/mol. The fourth-order valence-corrected chi connectivity index (χ4v) is 3.25.